The molecule has 0 fully saturated rings. The van der Waals surface area contributed by atoms with Gasteiger partial charge in [0.2, 0.25) is 0 Å². The molecule has 0 unspecified atom stereocenters. The summed E-state index contributed by atoms with van der Waals surface area (Å²) in [6.07, 6.45) is 0.848. The van der Waals surface area contributed by atoms with E-state index in [-0.39, 0.29) is 0 Å². The Kier molecular flexibility index (Phi) is 1.62. The van der Waals surface area contributed by atoms with Crippen molar-refractivity contribution in [2.45, 2.75) is 0 Å². The Labute approximate surface area is 86.1 Å². The maximum atomic E-state index is 10.7. The fraction of sp³-hybridized carbons (Fsp3) is 0. The second-order valence-electron chi connectivity index (χ2n) is 3.47. The molecule has 0 amide bonds. The van der Waals surface area contributed by atoms with E-state index < -0.39 is 0 Å². The Balaban J connectivity index is 2.51. The summed E-state index contributed by atoms with van der Waals surface area (Å²) < 4.78 is 5.64. The topological polar surface area (TPSA) is 30.2 Å². The summed E-state index contributed by atoms with van der Waals surface area (Å²) >= 11 is 0. The molecule has 0 radical (unpaired) electrons. The third-order valence-electron chi connectivity index (χ3n) is 2.54. The minimum Gasteiger partial charge on any atom is -0.456 e. The van der Waals surface area contributed by atoms with Crippen molar-refractivity contribution in [1.29, 1.82) is 0 Å². The number of fused-ring (bicyclic) bond motifs is 3. The lowest BCUT2D eigenvalue weighted by atomic mass is 10.1. The molecule has 1 heterocycles. The zero-order valence-electron chi connectivity index (χ0n) is 7.94. The number of furan rings is 1. The van der Waals surface area contributed by atoms with Crippen LogP contribution in [0, 0.1) is 0 Å². The van der Waals surface area contributed by atoms with E-state index in [0.29, 0.717) is 5.56 Å². The number of carbonyl (C=O) groups excluding carboxylic acids is 1. The standard InChI is InChI=1S/C13H8O2/c14-8-9-5-6-13-11(7-9)10-3-1-2-4-12(10)15-13/h1-8H. The molecule has 2 aromatic carbocycles. The molecule has 0 saturated carbocycles. The first-order chi connectivity index (χ1) is 7.38. The van der Waals surface area contributed by atoms with Gasteiger partial charge >= 0.3 is 0 Å². The maximum absolute atomic E-state index is 10.7. The van der Waals surface area contributed by atoms with Gasteiger partial charge < -0.3 is 4.42 Å². The average Bonchev–Trinajstić information content (AvgIpc) is 2.66. The van der Waals surface area contributed by atoms with Gasteiger partial charge in [0.25, 0.3) is 0 Å². The van der Waals surface area contributed by atoms with Crippen LogP contribution in [0.2, 0.25) is 0 Å². The van der Waals surface area contributed by atoms with Crippen molar-refractivity contribution >= 4 is 28.2 Å². The van der Waals surface area contributed by atoms with Gasteiger partial charge in [-0.05, 0) is 24.3 Å². The van der Waals surface area contributed by atoms with Crippen LogP contribution in [0.3, 0.4) is 0 Å². The molecule has 2 heteroatoms. The van der Waals surface area contributed by atoms with Gasteiger partial charge in [-0.15, -0.1) is 0 Å². The molecule has 72 valence electrons. The number of hydrogen-bond acceptors (Lipinski definition) is 2. The normalized spacial score (nSPS) is 10.9. The molecule has 2 nitrogen and oxygen atoms in total. The molecule has 0 aliphatic carbocycles. The van der Waals surface area contributed by atoms with E-state index in [9.17, 15) is 4.79 Å². The molecule has 0 spiro atoms. The number of aldehydes is 1. The predicted molar refractivity (Wildman–Crippen MR) is 59.1 cm³/mol. The Hall–Kier alpha value is -2.09. The van der Waals surface area contributed by atoms with E-state index in [0.717, 1.165) is 28.2 Å². The third kappa shape index (κ3) is 1.15. The molecular formula is C13H8O2. The summed E-state index contributed by atoms with van der Waals surface area (Å²) in [4.78, 5) is 10.7. The van der Waals surface area contributed by atoms with Crippen LogP contribution in [-0.4, -0.2) is 6.29 Å². The zero-order valence-corrected chi connectivity index (χ0v) is 7.94. The molecule has 0 N–H and O–H groups in total. The van der Waals surface area contributed by atoms with Gasteiger partial charge in [0.1, 0.15) is 17.5 Å². The van der Waals surface area contributed by atoms with Crippen molar-refractivity contribution < 1.29 is 9.21 Å². The average molecular weight is 196 g/mol. The summed E-state index contributed by atoms with van der Waals surface area (Å²) in [7, 11) is 0. The summed E-state index contributed by atoms with van der Waals surface area (Å²) in [6, 6.07) is 13.3. The van der Waals surface area contributed by atoms with E-state index in [2.05, 4.69) is 0 Å². The number of para-hydroxylation sites is 1. The molecule has 0 aliphatic rings. The van der Waals surface area contributed by atoms with Crippen LogP contribution in [0.25, 0.3) is 21.9 Å². The fourth-order valence-corrected chi connectivity index (χ4v) is 1.82. The number of rotatable bonds is 1. The van der Waals surface area contributed by atoms with Gasteiger partial charge in [-0.25, -0.2) is 0 Å². The van der Waals surface area contributed by atoms with E-state index in [1.807, 2.05) is 36.4 Å². The highest BCUT2D eigenvalue weighted by molar-refractivity contribution is 6.06. The maximum Gasteiger partial charge on any atom is 0.150 e. The third-order valence-corrected chi connectivity index (χ3v) is 2.54. The van der Waals surface area contributed by atoms with Crippen molar-refractivity contribution in [3.63, 3.8) is 0 Å². The molecule has 0 saturated heterocycles. The molecular weight excluding hydrogens is 188 g/mol. The minimum absolute atomic E-state index is 0.675. The summed E-state index contributed by atoms with van der Waals surface area (Å²) in [5, 5.41) is 2.05. The predicted octanol–water partition coefficient (Wildman–Crippen LogP) is 3.40. The van der Waals surface area contributed by atoms with E-state index >= 15 is 0 Å². The number of carbonyl (C=O) groups is 1. The lowest BCUT2D eigenvalue weighted by molar-refractivity contribution is 0.112. The van der Waals surface area contributed by atoms with Gasteiger partial charge in [0.15, 0.2) is 0 Å². The molecule has 3 rings (SSSR count). The Morgan fingerprint density at radius 2 is 1.73 bits per heavy atom. The second-order valence-corrected chi connectivity index (χ2v) is 3.47. The minimum atomic E-state index is 0.675. The monoisotopic (exact) mass is 196 g/mol. The zero-order chi connectivity index (χ0) is 10.3. The van der Waals surface area contributed by atoms with Crippen LogP contribution in [0.4, 0.5) is 0 Å². The van der Waals surface area contributed by atoms with E-state index in [1.165, 1.54) is 0 Å². The van der Waals surface area contributed by atoms with Crippen LogP contribution >= 0.6 is 0 Å². The highest BCUT2D eigenvalue weighted by Gasteiger charge is 2.05. The molecule has 0 atom stereocenters. The number of benzene rings is 2. The van der Waals surface area contributed by atoms with Gasteiger partial charge in [-0.1, -0.05) is 18.2 Å². The van der Waals surface area contributed by atoms with Gasteiger partial charge in [-0.3, -0.25) is 4.79 Å². The first-order valence-corrected chi connectivity index (χ1v) is 4.75. The number of hydrogen-bond donors (Lipinski definition) is 0. The fourth-order valence-electron chi connectivity index (χ4n) is 1.82. The Bertz CT molecular complexity index is 650. The van der Waals surface area contributed by atoms with Gasteiger partial charge in [-0.2, -0.15) is 0 Å². The van der Waals surface area contributed by atoms with E-state index in [1.54, 1.807) is 6.07 Å². The highest BCUT2D eigenvalue weighted by Crippen LogP contribution is 2.28. The Morgan fingerprint density at radius 3 is 2.60 bits per heavy atom. The quantitative estimate of drug-likeness (QED) is 0.558. The Morgan fingerprint density at radius 1 is 0.933 bits per heavy atom. The lowest BCUT2D eigenvalue weighted by Gasteiger charge is -1.90. The SMILES string of the molecule is O=Cc1ccc2oc3ccccc3c2c1. The van der Waals surface area contributed by atoms with Crippen molar-refractivity contribution in [3.05, 3.63) is 48.0 Å². The first-order valence-electron chi connectivity index (χ1n) is 4.75. The largest absolute Gasteiger partial charge is 0.456 e. The summed E-state index contributed by atoms with van der Waals surface area (Å²) in [5.41, 5.74) is 2.35. The van der Waals surface area contributed by atoms with Crippen LogP contribution in [0.15, 0.2) is 46.9 Å². The van der Waals surface area contributed by atoms with E-state index in [4.69, 9.17) is 4.42 Å². The summed E-state index contributed by atoms with van der Waals surface area (Å²) in [6.45, 7) is 0. The first kappa shape index (κ1) is 8.24. The molecule has 0 aliphatic heterocycles. The molecule has 0 bridgehead atoms. The highest BCUT2D eigenvalue weighted by atomic mass is 16.3. The van der Waals surface area contributed by atoms with Gasteiger partial charge in [0, 0.05) is 16.3 Å². The smallest absolute Gasteiger partial charge is 0.150 e. The van der Waals surface area contributed by atoms with Gasteiger partial charge in [0.05, 0.1) is 0 Å². The van der Waals surface area contributed by atoms with Crippen molar-refractivity contribution in [2.24, 2.45) is 0 Å². The van der Waals surface area contributed by atoms with Crippen LogP contribution in [0.5, 0.6) is 0 Å². The van der Waals surface area contributed by atoms with Crippen molar-refractivity contribution in [3.8, 4) is 0 Å². The second kappa shape index (κ2) is 2.95. The van der Waals surface area contributed by atoms with Crippen LogP contribution in [0.1, 0.15) is 10.4 Å². The van der Waals surface area contributed by atoms with Crippen LogP contribution in [-0.2, 0) is 0 Å². The van der Waals surface area contributed by atoms with Crippen molar-refractivity contribution in [2.75, 3.05) is 0 Å². The lowest BCUT2D eigenvalue weighted by Crippen LogP contribution is -1.76. The molecule has 3 aromatic rings. The van der Waals surface area contributed by atoms with Crippen LogP contribution < -0.4 is 0 Å². The molecule has 1 aromatic heterocycles. The van der Waals surface area contributed by atoms with Crippen molar-refractivity contribution in [1.82, 2.24) is 0 Å². The summed E-state index contributed by atoms with van der Waals surface area (Å²) in [5.74, 6) is 0. The molecule has 15 heavy (non-hydrogen) atoms.